The van der Waals surface area contributed by atoms with Crippen LogP contribution in [0, 0.1) is 3.57 Å². The van der Waals surface area contributed by atoms with Crippen molar-refractivity contribution in [2.45, 2.75) is 18.9 Å². The molecule has 1 aliphatic heterocycles. The van der Waals surface area contributed by atoms with E-state index in [1.54, 1.807) is 0 Å². The molecule has 1 atom stereocenters. The second-order valence-electron chi connectivity index (χ2n) is 5.31. The van der Waals surface area contributed by atoms with E-state index in [9.17, 15) is 0 Å². The van der Waals surface area contributed by atoms with E-state index < -0.39 is 0 Å². The zero-order chi connectivity index (χ0) is 13.5. The van der Waals surface area contributed by atoms with Crippen molar-refractivity contribution >= 4 is 44.5 Å². The molecule has 1 aliphatic rings. The number of rotatable bonds is 1. The topological polar surface area (TPSA) is 42.7 Å². The molecule has 0 spiro atoms. The van der Waals surface area contributed by atoms with Gasteiger partial charge in [-0.3, -0.25) is 4.98 Å². The van der Waals surface area contributed by atoms with Crippen LogP contribution in [0.1, 0.15) is 18.9 Å². The summed E-state index contributed by atoms with van der Waals surface area (Å²) in [6, 6.07) is 6.90. The molecule has 0 aliphatic carbocycles. The third kappa shape index (κ3) is 2.00. The van der Waals surface area contributed by atoms with Crippen molar-refractivity contribution in [3.05, 3.63) is 34.3 Å². The van der Waals surface area contributed by atoms with E-state index in [0.29, 0.717) is 6.04 Å². The Bertz CT molecular complexity index is 774. The van der Waals surface area contributed by atoms with E-state index in [2.05, 4.69) is 60.6 Å². The van der Waals surface area contributed by atoms with Crippen LogP contribution >= 0.6 is 22.6 Å². The summed E-state index contributed by atoms with van der Waals surface area (Å²) in [5, 5.41) is 4.69. The van der Waals surface area contributed by atoms with Crippen molar-refractivity contribution in [2.24, 2.45) is 0 Å². The predicted molar refractivity (Wildman–Crippen MR) is 88.9 cm³/mol. The fourth-order valence-corrected chi connectivity index (χ4v) is 3.53. The van der Waals surface area contributed by atoms with Crippen molar-refractivity contribution in [3.63, 3.8) is 0 Å². The smallest absolute Gasteiger partial charge is 0.107 e. The summed E-state index contributed by atoms with van der Waals surface area (Å²) >= 11 is 2.36. The second-order valence-corrected chi connectivity index (χ2v) is 6.55. The van der Waals surface area contributed by atoms with Gasteiger partial charge in [0.25, 0.3) is 0 Å². The number of aromatic nitrogens is 3. The first-order valence-electron chi connectivity index (χ1n) is 6.94. The quantitative estimate of drug-likeness (QED) is 0.662. The van der Waals surface area contributed by atoms with Gasteiger partial charge in [-0.2, -0.15) is 0 Å². The Morgan fingerprint density at radius 3 is 3.05 bits per heavy atom. The molecule has 4 nitrogen and oxygen atoms in total. The minimum absolute atomic E-state index is 0.497. The van der Waals surface area contributed by atoms with Gasteiger partial charge in [0.15, 0.2) is 0 Å². The predicted octanol–water partition coefficient (Wildman–Crippen LogP) is 3.11. The molecular formula is C15H15IN4. The van der Waals surface area contributed by atoms with Gasteiger partial charge < -0.3 is 9.88 Å². The number of benzene rings is 1. The lowest BCUT2D eigenvalue weighted by molar-refractivity contribution is 0.378. The second kappa shape index (κ2) is 4.96. The van der Waals surface area contributed by atoms with Crippen LogP contribution in [-0.2, 0) is 0 Å². The first kappa shape index (κ1) is 12.5. The largest absolute Gasteiger partial charge is 0.326 e. The third-order valence-corrected chi connectivity index (χ3v) is 4.70. The highest BCUT2D eigenvalue weighted by atomic mass is 127. The van der Waals surface area contributed by atoms with Gasteiger partial charge in [-0.15, -0.1) is 0 Å². The van der Waals surface area contributed by atoms with Gasteiger partial charge in [0, 0.05) is 21.5 Å². The van der Waals surface area contributed by atoms with Crippen LogP contribution in [0.4, 0.5) is 0 Å². The summed E-state index contributed by atoms with van der Waals surface area (Å²) < 4.78 is 3.57. The lowest BCUT2D eigenvalue weighted by Crippen LogP contribution is -2.31. The lowest BCUT2D eigenvalue weighted by Gasteiger charge is -2.24. The Hall–Kier alpha value is -1.21. The van der Waals surface area contributed by atoms with Crippen LogP contribution in [0.5, 0.6) is 0 Å². The monoisotopic (exact) mass is 378 g/mol. The van der Waals surface area contributed by atoms with Crippen LogP contribution in [0.3, 0.4) is 0 Å². The Balaban J connectivity index is 1.99. The maximum absolute atomic E-state index is 4.54. The average molecular weight is 378 g/mol. The van der Waals surface area contributed by atoms with Gasteiger partial charge in [0.2, 0.25) is 0 Å². The molecule has 0 bridgehead atoms. The van der Waals surface area contributed by atoms with Gasteiger partial charge in [0.1, 0.15) is 5.52 Å². The average Bonchev–Trinajstić information content (AvgIpc) is 2.92. The number of imidazole rings is 1. The molecule has 1 fully saturated rings. The van der Waals surface area contributed by atoms with Gasteiger partial charge in [-0.1, -0.05) is 0 Å². The van der Waals surface area contributed by atoms with E-state index in [0.717, 1.165) is 24.1 Å². The first-order valence-corrected chi connectivity index (χ1v) is 8.02. The lowest BCUT2D eigenvalue weighted by atomic mass is 10.1. The van der Waals surface area contributed by atoms with Crippen molar-refractivity contribution < 1.29 is 0 Å². The molecule has 3 aromatic rings. The molecule has 0 amide bonds. The van der Waals surface area contributed by atoms with Gasteiger partial charge in [-0.05, 0) is 60.2 Å². The molecular weight excluding hydrogens is 363 g/mol. The molecule has 5 heteroatoms. The van der Waals surface area contributed by atoms with Crippen molar-refractivity contribution in [3.8, 4) is 0 Å². The molecule has 2 aromatic heterocycles. The zero-order valence-corrected chi connectivity index (χ0v) is 13.2. The van der Waals surface area contributed by atoms with E-state index in [1.807, 2.05) is 12.5 Å². The summed E-state index contributed by atoms with van der Waals surface area (Å²) in [7, 11) is 0. The number of pyridine rings is 1. The number of fused-ring (bicyclic) bond motifs is 3. The summed E-state index contributed by atoms with van der Waals surface area (Å²) in [5.41, 5.74) is 3.26. The fraction of sp³-hybridized carbons (Fsp3) is 0.333. The van der Waals surface area contributed by atoms with Crippen LogP contribution in [0.2, 0.25) is 0 Å². The normalized spacial score (nSPS) is 19.8. The SMILES string of the molecule is Ic1ccc2ncc3ncn(C4CCCNC4)c3c2c1. The van der Waals surface area contributed by atoms with Gasteiger partial charge in [-0.25, -0.2) is 4.98 Å². The Labute approximate surface area is 130 Å². The van der Waals surface area contributed by atoms with Gasteiger partial charge >= 0.3 is 0 Å². The van der Waals surface area contributed by atoms with Crippen molar-refractivity contribution in [1.82, 2.24) is 19.9 Å². The standard InChI is InChI=1S/C15H15IN4/c16-10-3-4-13-12(6-10)15-14(8-18-13)19-9-20(15)11-2-1-5-17-7-11/h3-4,6,8-9,11,17H,1-2,5,7H2. The number of nitrogens with one attached hydrogen (secondary N) is 1. The first-order chi connectivity index (χ1) is 9.83. The maximum Gasteiger partial charge on any atom is 0.107 e. The number of nitrogens with zero attached hydrogens (tertiary/aromatic N) is 3. The molecule has 20 heavy (non-hydrogen) atoms. The summed E-state index contributed by atoms with van der Waals surface area (Å²) in [6.45, 7) is 2.16. The third-order valence-electron chi connectivity index (χ3n) is 4.03. The van der Waals surface area contributed by atoms with E-state index in [1.165, 1.54) is 27.3 Å². The zero-order valence-electron chi connectivity index (χ0n) is 11.0. The number of halogens is 1. The van der Waals surface area contributed by atoms with Crippen LogP contribution in [0.15, 0.2) is 30.7 Å². The summed E-state index contributed by atoms with van der Waals surface area (Å²) in [4.78, 5) is 9.06. The summed E-state index contributed by atoms with van der Waals surface area (Å²) in [6.07, 6.45) is 6.30. The Morgan fingerprint density at radius 2 is 2.20 bits per heavy atom. The molecule has 1 N–H and O–H groups in total. The minimum atomic E-state index is 0.497. The molecule has 1 unspecified atom stereocenters. The number of hydrogen-bond donors (Lipinski definition) is 1. The molecule has 4 rings (SSSR count). The highest BCUT2D eigenvalue weighted by molar-refractivity contribution is 14.1. The van der Waals surface area contributed by atoms with E-state index in [-0.39, 0.29) is 0 Å². The maximum atomic E-state index is 4.54. The molecule has 0 saturated carbocycles. The van der Waals surface area contributed by atoms with Crippen LogP contribution in [-0.4, -0.2) is 27.6 Å². The molecule has 102 valence electrons. The summed E-state index contributed by atoms with van der Waals surface area (Å²) in [5.74, 6) is 0. The van der Waals surface area contributed by atoms with E-state index >= 15 is 0 Å². The fourth-order valence-electron chi connectivity index (χ4n) is 3.04. The highest BCUT2D eigenvalue weighted by Crippen LogP contribution is 2.28. The van der Waals surface area contributed by atoms with Gasteiger partial charge in [0.05, 0.1) is 23.6 Å². The molecule has 3 heterocycles. The Morgan fingerprint density at radius 1 is 1.25 bits per heavy atom. The molecule has 1 aromatic carbocycles. The molecule has 0 radical (unpaired) electrons. The van der Waals surface area contributed by atoms with Crippen LogP contribution in [0.25, 0.3) is 21.9 Å². The Kier molecular flexibility index (Phi) is 3.11. The van der Waals surface area contributed by atoms with Crippen LogP contribution < -0.4 is 5.32 Å². The number of hydrogen-bond acceptors (Lipinski definition) is 3. The molecule has 1 saturated heterocycles. The van der Waals surface area contributed by atoms with E-state index in [4.69, 9.17) is 0 Å². The number of piperidine rings is 1. The minimum Gasteiger partial charge on any atom is -0.326 e. The van der Waals surface area contributed by atoms with Crippen molar-refractivity contribution in [2.75, 3.05) is 13.1 Å². The highest BCUT2D eigenvalue weighted by Gasteiger charge is 2.18. The van der Waals surface area contributed by atoms with Crippen molar-refractivity contribution in [1.29, 1.82) is 0 Å².